The molecule has 1 saturated heterocycles. The lowest BCUT2D eigenvalue weighted by atomic mass is 9.78. The summed E-state index contributed by atoms with van der Waals surface area (Å²) in [6, 6.07) is 11.0. The predicted molar refractivity (Wildman–Crippen MR) is 133 cm³/mol. The number of phenols is 1. The van der Waals surface area contributed by atoms with E-state index >= 15 is 0 Å². The zero-order valence-corrected chi connectivity index (χ0v) is 20.4. The minimum atomic E-state index is -0.243. The highest BCUT2D eigenvalue weighted by molar-refractivity contribution is 8.27. The minimum Gasteiger partial charge on any atom is -0.507 e. The number of carbonyl (C=O) groups is 1. The van der Waals surface area contributed by atoms with Gasteiger partial charge in [-0.15, -0.1) is 0 Å². The molecular weight excluding hydrogens is 434 g/mol. The van der Waals surface area contributed by atoms with Gasteiger partial charge in [0.2, 0.25) is 0 Å². The van der Waals surface area contributed by atoms with E-state index in [1.54, 1.807) is 18.2 Å². The van der Waals surface area contributed by atoms with Crippen molar-refractivity contribution in [3.8, 4) is 5.75 Å². The van der Waals surface area contributed by atoms with Crippen LogP contribution in [0.15, 0.2) is 41.3 Å². The van der Waals surface area contributed by atoms with E-state index in [0.717, 1.165) is 16.7 Å². The Labute approximate surface area is 193 Å². The third-order valence-electron chi connectivity index (χ3n) is 4.91. The third kappa shape index (κ3) is 4.58. The summed E-state index contributed by atoms with van der Waals surface area (Å²) in [6.07, 6.45) is 1.85. The predicted octanol–water partition coefficient (Wildman–Crippen LogP) is 7.05. The molecule has 3 nitrogen and oxygen atoms in total. The van der Waals surface area contributed by atoms with Gasteiger partial charge in [-0.05, 0) is 52.8 Å². The number of amides is 1. The maximum atomic E-state index is 13.1. The molecule has 0 aromatic heterocycles. The van der Waals surface area contributed by atoms with Gasteiger partial charge in [0.1, 0.15) is 5.75 Å². The molecule has 2 aromatic carbocycles. The van der Waals surface area contributed by atoms with Crippen molar-refractivity contribution < 1.29 is 9.90 Å². The molecule has 1 aliphatic heterocycles. The zero-order chi connectivity index (χ0) is 22.4. The normalized spacial score (nSPS) is 16.6. The third-order valence-corrected chi connectivity index (χ3v) is 6.44. The fraction of sp³-hybridized carbons (Fsp3) is 0.333. The average molecular weight is 460 g/mol. The van der Waals surface area contributed by atoms with Crippen LogP contribution in [0, 0.1) is 0 Å². The molecule has 0 bridgehead atoms. The fourth-order valence-electron chi connectivity index (χ4n) is 3.34. The van der Waals surface area contributed by atoms with Crippen LogP contribution in [-0.4, -0.2) is 15.3 Å². The Morgan fingerprint density at radius 3 is 2.10 bits per heavy atom. The van der Waals surface area contributed by atoms with Gasteiger partial charge in [-0.3, -0.25) is 9.69 Å². The molecule has 0 unspecified atom stereocenters. The molecule has 1 heterocycles. The number of hydrogen-bond acceptors (Lipinski definition) is 4. The Bertz CT molecular complexity index is 1030. The highest BCUT2D eigenvalue weighted by Gasteiger charge is 2.34. The number of rotatable bonds is 2. The molecular formula is C24H26ClNO2S2. The number of thioether (sulfide) groups is 1. The van der Waals surface area contributed by atoms with Crippen LogP contribution >= 0.6 is 35.6 Å². The molecule has 0 saturated carbocycles. The summed E-state index contributed by atoms with van der Waals surface area (Å²) in [5.41, 5.74) is 2.75. The Morgan fingerprint density at radius 1 is 1.03 bits per heavy atom. The van der Waals surface area contributed by atoms with Crippen LogP contribution in [0.5, 0.6) is 5.75 Å². The molecule has 0 spiro atoms. The molecule has 1 aliphatic rings. The smallest absolute Gasteiger partial charge is 0.270 e. The molecule has 1 amide bonds. The zero-order valence-electron chi connectivity index (χ0n) is 18.0. The topological polar surface area (TPSA) is 40.5 Å². The van der Waals surface area contributed by atoms with Crippen LogP contribution in [0.1, 0.15) is 58.2 Å². The molecule has 30 heavy (non-hydrogen) atoms. The average Bonchev–Trinajstić information content (AvgIpc) is 2.87. The minimum absolute atomic E-state index is 0.171. The Balaban J connectivity index is 2.09. The van der Waals surface area contributed by atoms with Crippen molar-refractivity contribution >= 4 is 57.6 Å². The van der Waals surface area contributed by atoms with Crippen molar-refractivity contribution in [2.75, 3.05) is 4.90 Å². The van der Waals surface area contributed by atoms with Gasteiger partial charge >= 0.3 is 0 Å². The van der Waals surface area contributed by atoms with E-state index in [2.05, 4.69) is 41.5 Å². The van der Waals surface area contributed by atoms with Crippen LogP contribution in [0.3, 0.4) is 0 Å². The molecule has 3 rings (SSSR count). The largest absolute Gasteiger partial charge is 0.507 e. The van der Waals surface area contributed by atoms with Crippen LogP contribution in [-0.2, 0) is 15.6 Å². The fourth-order valence-corrected chi connectivity index (χ4v) is 4.82. The first-order valence-corrected chi connectivity index (χ1v) is 11.3. The second-order valence-electron chi connectivity index (χ2n) is 9.46. The van der Waals surface area contributed by atoms with Crippen molar-refractivity contribution in [2.45, 2.75) is 52.4 Å². The first-order chi connectivity index (χ1) is 13.8. The number of anilines is 1. The highest BCUT2D eigenvalue weighted by Crippen LogP contribution is 2.42. The van der Waals surface area contributed by atoms with Gasteiger partial charge in [0.25, 0.3) is 5.91 Å². The van der Waals surface area contributed by atoms with Crippen LogP contribution in [0.4, 0.5) is 5.69 Å². The number of benzene rings is 2. The lowest BCUT2D eigenvalue weighted by Gasteiger charge is -2.28. The van der Waals surface area contributed by atoms with Gasteiger partial charge < -0.3 is 5.11 Å². The number of aromatic hydroxyl groups is 1. The van der Waals surface area contributed by atoms with E-state index in [1.807, 2.05) is 24.3 Å². The van der Waals surface area contributed by atoms with Crippen LogP contribution < -0.4 is 4.90 Å². The number of halogens is 1. The second kappa shape index (κ2) is 8.03. The molecule has 158 valence electrons. The number of phenolic OH excluding ortho intramolecular Hbond substituents is 1. The monoisotopic (exact) mass is 459 g/mol. The molecule has 1 N–H and O–H groups in total. The van der Waals surface area contributed by atoms with Crippen molar-refractivity contribution in [1.82, 2.24) is 0 Å². The van der Waals surface area contributed by atoms with Crippen LogP contribution in [0.2, 0.25) is 5.02 Å². The molecule has 6 heteroatoms. The highest BCUT2D eigenvalue weighted by atomic mass is 35.5. The van der Waals surface area contributed by atoms with Crippen LogP contribution in [0.25, 0.3) is 6.08 Å². The molecule has 1 fully saturated rings. The number of thiocarbonyl (C=S) groups is 1. The lowest BCUT2D eigenvalue weighted by Crippen LogP contribution is -2.27. The Hall–Kier alpha value is -1.82. The summed E-state index contributed by atoms with van der Waals surface area (Å²) >= 11 is 12.8. The van der Waals surface area contributed by atoms with E-state index in [0.29, 0.717) is 25.7 Å². The van der Waals surface area contributed by atoms with E-state index < -0.39 is 0 Å². The number of hydrogen-bond donors (Lipinski definition) is 1. The van der Waals surface area contributed by atoms with Crippen molar-refractivity contribution in [2.24, 2.45) is 0 Å². The summed E-state index contributed by atoms with van der Waals surface area (Å²) < 4.78 is 0.472. The van der Waals surface area contributed by atoms with Gasteiger partial charge in [0.15, 0.2) is 4.32 Å². The number of carbonyl (C=O) groups excluding carboxylic acids is 1. The van der Waals surface area contributed by atoms with E-state index in [4.69, 9.17) is 23.8 Å². The van der Waals surface area contributed by atoms with Crippen molar-refractivity contribution in [1.29, 1.82) is 0 Å². The SMILES string of the molecule is CC(C)(C)c1cc(/C=C2/SC(=S)N(c3cccc(Cl)c3)C2=O)cc(C(C)(C)C)c1O. The summed E-state index contributed by atoms with van der Waals surface area (Å²) in [5.74, 6) is 0.147. The lowest BCUT2D eigenvalue weighted by molar-refractivity contribution is -0.113. The Morgan fingerprint density at radius 2 is 1.60 bits per heavy atom. The maximum Gasteiger partial charge on any atom is 0.270 e. The first-order valence-electron chi connectivity index (χ1n) is 9.70. The first kappa shape index (κ1) is 22.9. The Kier molecular flexibility index (Phi) is 6.11. The van der Waals surface area contributed by atoms with E-state index in [1.165, 1.54) is 16.7 Å². The molecule has 0 radical (unpaired) electrons. The number of nitrogens with zero attached hydrogens (tertiary/aromatic N) is 1. The van der Waals surface area contributed by atoms with E-state index in [-0.39, 0.29) is 16.7 Å². The van der Waals surface area contributed by atoms with Crippen molar-refractivity contribution in [3.05, 3.63) is 63.0 Å². The van der Waals surface area contributed by atoms with Gasteiger partial charge in [0.05, 0.1) is 10.6 Å². The second-order valence-corrected chi connectivity index (χ2v) is 11.6. The molecule has 0 aliphatic carbocycles. The van der Waals surface area contributed by atoms with Gasteiger partial charge in [-0.25, -0.2) is 0 Å². The van der Waals surface area contributed by atoms with Gasteiger partial charge in [-0.1, -0.05) is 83.2 Å². The van der Waals surface area contributed by atoms with Crippen molar-refractivity contribution in [3.63, 3.8) is 0 Å². The van der Waals surface area contributed by atoms with Gasteiger partial charge in [0, 0.05) is 16.1 Å². The molecule has 0 atom stereocenters. The maximum absolute atomic E-state index is 13.1. The van der Waals surface area contributed by atoms with E-state index in [9.17, 15) is 9.90 Å². The summed E-state index contributed by atoms with van der Waals surface area (Å²) in [5, 5.41) is 11.5. The molecule has 2 aromatic rings. The summed E-state index contributed by atoms with van der Waals surface area (Å²) in [6.45, 7) is 12.4. The quantitative estimate of drug-likeness (QED) is 0.386. The standard InChI is InChI=1S/C24H26ClNO2S2/c1-23(2,3)17-10-14(11-18(20(17)27)24(4,5)6)12-19-21(28)26(22(29)30-19)16-9-7-8-15(25)13-16/h7-13,27H,1-6H3/b19-12+. The van der Waals surface area contributed by atoms with Gasteiger partial charge in [-0.2, -0.15) is 0 Å². The summed E-state index contributed by atoms with van der Waals surface area (Å²) in [7, 11) is 0. The summed E-state index contributed by atoms with van der Waals surface area (Å²) in [4.78, 5) is 15.2.